The van der Waals surface area contributed by atoms with Gasteiger partial charge in [0.25, 0.3) is 0 Å². The van der Waals surface area contributed by atoms with Gasteiger partial charge < -0.3 is 5.32 Å². The lowest BCUT2D eigenvalue weighted by molar-refractivity contribution is 0.886. The number of nitrogens with one attached hydrogen (secondary N) is 1. The number of hydrogen-bond acceptors (Lipinski definition) is 3. The van der Waals surface area contributed by atoms with Gasteiger partial charge in [-0.15, -0.1) is 0 Å². The molecule has 0 atom stereocenters. The van der Waals surface area contributed by atoms with Crippen molar-refractivity contribution in [2.75, 3.05) is 5.32 Å². The first-order chi connectivity index (χ1) is 6.56. The second-order valence-corrected chi connectivity index (χ2v) is 3.70. The van der Waals surface area contributed by atoms with E-state index in [-0.39, 0.29) is 6.04 Å². The minimum Gasteiger partial charge on any atom is -0.367 e. The molecule has 0 aromatic carbocycles. The lowest BCUT2D eigenvalue weighted by Gasteiger charge is -2.12. The van der Waals surface area contributed by atoms with E-state index in [4.69, 9.17) is 5.26 Å². The second kappa shape index (κ2) is 4.10. The number of hydrogen-bond donors (Lipinski definition) is 1. The van der Waals surface area contributed by atoms with Crippen molar-refractivity contribution in [1.82, 2.24) is 4.98 Å². The highest BCUT2D eigenvalue weighted by Gasteiger charge is 2.09. The monoisotopic (exact) mass is 189 g/mol. The lowest BCUT2D eigenvalue weighted by atomic mass is 10.1. The van der Waals surface area contributed by atoms with Crippen LogP contribution in [-0.2, 0) is 0 Å². The topological polar surface area (TPSA) is 48.7 Å². The molecule has 0 aliphatic heterocycles. The highest BCUT2D eigenvalue weighted by atomic mass is 15.0. The molecule has 0 fully saturated rings. The smallest absolute Gasteiger partial charge is 0.144 e. The Bertz CT molecular complexity index is 375. The summed E-state index contributed by atoms with van der Waals surface area (Å²) in [6.07, 6.45) is 1.79. The minimum absolute atomic E-state index is 0.289. The summed E-state index contributed by atoms with van der Waals surface area (Å²) < 4.78 is 0. The van der Waals surface area contributed by atoms with Gasteiger partial charge in [-0.2, -0.15) is 5.26 Å². The standard InChI is InChI=1S/C11H15N3/c1-7(2)14-11-10(5-12)9(4)8(3)6-13-11/h6-7H,1-4H3,(H,13,14). The number of nitrogens with zero attached hydrogens (tertiary/aromatic N) is 2. The van der Waals surface area contributed by atoms with Crippen LogP contribution in [-0.4, -0.2) is 11.0 Å². The molecule has 0 radical (unpaired) electrons. The number of aryl methyl sites for hydroxylation is 1. The van der Waals surface area contributed by atoms with Gasteiger partial charge in [-0.25, -0.2) is 4.98 Å². The first kappa shape index (κ1) is 10.5. The van der Waals surface area contributed by atoms with Crippen LogP contribution in [0.15, 0.2) is 6.20 Å². The zero-order valence-electron chi connectivity index (χ0n) is 9.05. The van der Waals surface area contributed by atoms with Crippen LogP contribution in [0.5, 0.6) is 0 Å². The van der Waals surface area contributed by atoms with Gasteiger partial charge in [0.2, 0.25) is 0 Å². The maximum Gasteiger partial charge on any atom is 0.144 e. The third-order valence-corrected chi connectivity index (χ3v) is 2.13. The van der Waals surface area contributed by atoms with E-state index in [0.717, 1.165) is 11.1 Å². The van der Waals surface area contributed by atoms with E-state index < -0.39 is 0 Å². The van der Waals surface area contributed by atoms with Gasteiger partial charge in [0.15, 0.2) is 0 Å². The Labute approximate surface area is 84.8 Å². The Kier molecular flexibility index (Phi) is 3.08. The third-order valence-electron chi connectivity index (χ3n) is 2.13. The summed E-state index contributed by atoms with van der Waals surface area (Å²) in [6.45, 7) is 7.96. The quantitative estimate of drug-likeness (QED) is 0.777. The van der Waals surface area contributed by atoms with Crippen molar-refractivity contribution in [2.24, 2.45) is 0 Å². The molecule has 0 spiro atoms. The van der Waals surface area contributed by atoms with Crippen molar-refractivity contribution in [2.45, 2.75) is 33.7 Å². The first-order valence-corrected chi connectivity index (χ1v) is 4.69. The molecule has 1 N–H and O–H groups in total. The normalized spacial score (nSPS) is 10.0. The largest absolute Gasteiger partial charge is 0.367 e. The number of aromatic nitrogens is 1. The Balaban J connectivity index is 3.19. The van der Waals surface area contributed by atoms with Crippen molar-refractivity contribution in [3.8, 4) is 6.07 Å². The minimum atomic E-state index is 0.289. The molecule has 0 saturated heterocycles. The van der Waals surface area contributed by atoms with Crippen LogP contribution in [0.2, 0.25) is 0 Å². The Morgan fingerprint density at radius 1 is 1.43 bits per heavy atom. The van der Waals surface area contributed by atoms with E-state index >= 15 is 0 Å². The number of pyridine rings is 1. The van der Waals surface area contributed by atoms with E-state index in [9.17, 15) is 0 Å². The number of anilines is 1. The van der Waals surface area contributed by atoms with Gasteiger partial charge in [0.05, 0.1) is 5.56 Å². The SMILES string of the molecule is Cc1cnc(NC(C)C)c(C#N)c1C. The maximum atomic E-state index is 9.01. The zero-order chi connectivity index (χ0) is 10.7. The third kappa shape index (κ3) is 2.02. The van der Waals surface area contributed by atoms with Crippen LogP contribution >= 0.6 is 0 Å². The summed E-state index contributed by atoms with van der Waals surface area (Å²) in [7, 11) is 0. The van der Waals surface area contributed by atoms with Gasteiger partial charge in [-0.1, -0.05) is 0 Å². The summed E-state index contributed by atoms with van der Waals surface area (Å²) >= 11 is 0. The molecule has 74 valence electrons. The highest BCUT2D eigenvalue weighted by Crippen LogP contribution is 2.19. The first-order valence-electron chi connectivity index (χ1n) is 4.69. The molecule has 14 heavy (non-hydrogen) atoms. The van der Waals surface area contributed by atoms with E-state index in [1.807, 2.05) is 27.7 Å². The molecule has 1 heterocycles. The molecule has 1 aromatic rings. The van der Waals surface area contributed by atoms with Gasteiger partial charge in [-0.05, 0) is 38.8 Å². The van der Waals surface area contributed by atoms with Crippen LogP contribution in [0.4, 0.5) is 5.82 Å². The predicted molar refractivity (Wildman–Crippen MR) is 57.2 cm³/mol. The van der Waals surface area contributed by atoms with Crippen LogP contribution in [0.25, 0.3) is 0 Å². The zero-order valence-corrected chi connectivity index (χ0v) is 9.05. The van der Waals surface area contributed by atoms with E-state index in [1.165, 1.54) is 0 Å². The fourth-order valence-corrected chi connectivity index (χ4v) is 1.22. The highest BCUT2D eigenvalue weighted by molar-refractivity contribution is 5.57. The van der Waals surface area contributed by atoms with Gasteiger partial charge in [-0.3, -0.25) is 0 Å². The van der Waals surface area contributed by atoms with Gasteiger partial charge >= 0.3 is 0 Å². The average Bonchev–Trinajstić information content (AvgIpc) is 2.11. The van der Waals surface area contributed by atoms with Crippen molar-refractivity contribution in [3.05, 3.63) is 22.9 Å². The van der Waals surface area contributed by atoms with E-state index in [0.29, 0.717) is 11.4 Å². The molecule has 1 rings (SSSR count). The number of rotatable bonds is 2. The molecule has 0 unspecified atom stereocenters. The van der Waals surface area contributed by atoms with E-state index in [2.05, 4.69) is 16.4 Å². The van der Waals surface area contributed by atoms with Crippen LogP contribution in [0.3, 0.4) is 0 Å². The van der Waals surface area contributed by atoms with Crippen LogP contribution in [0.1, 0.15) is 30.5 Å². The van der Waals surface area contributed by atoms with Crippen molar-refractivity contribution in [3.63, 3.8) is 0 Å². The Morgan fingerprint density at radius 3 is 2.57 bits per heavy atom. The number of nitriles is 1. The summed E-state index contributed by atoms with van der Waals surface area (Å²) in [5.41, 5.74) is 2.71. The molecule has 0 aliphatic carbocycles. The lowest BCUT2D eigenvalue weighted by Crippen LogP contribution is -2.13. The van der Waals surface area contributed by atoms with Crippen LogP contribution in [0, 0.1) is 25.2 Å². The van der Waals surface area contributed by atoms with Crippen molar-refractivity contribution in [1.29, 1.82) is 5.26 Å². The van der Waals surface area contributed by atoms with Gasteiger partial charge in [0, 0.05) is 12.2 Å². The Morgan fingerprint density at radius 2 is 2.07 bits per heavy atom. The summed E-state index contributed by atoms with van der Waals surface area (Å²) in [6, 6.07) is 2.47. The summed E-state index contributed by atoms with van der Waals surface area (Å²) in [5, 5.41) is 12.2. The molecule has 3 heteroatoms. The van der Waals surface area contributed by atoms with E-state index in [1.54, 1.807) is 6.20 Å². The van der Waals surface area contributed by atoms with Crippen LogP contribution < -0.4 is 5.32 Å². The molecule has 1 aromatic heterocycles. The fraction of sp³-hybridized carbons (Fsp3) is 0.455. The molecular weight excluding hydrogens is 174 g/mol. The van der Waals surface area contributed by atoms with Crippen molar-refractivity contribution >= 4 is 5.82 Å². The molecule has 3 nitrogen and oxygen atoms in total. The van der Waals surface area contributed by atoms with Crippen molar-refractivity contribution < 1.29 is 0 Å². The predicted octanol–water partition coefficient (Wildman–Crippen LogP) is 2.39. The van der Waals surface area contributed by atoms with Gasteiger partial charge in [0.1, 0.15) is 11.9 Å². The summed E-state index contributed by atoms with van der Waals surface area (Å²) in [4.78, 5) is 4.22. The average molecular weight is 189 g/mol. The second-order valence-electron chi connectivity index (χ2n) is 3.70. The molecular formula is C11H15N3. The Hall–Kier alpha value is -1.56. The maximum absolute atomic E-state index is 9.01. The summed E-state index contributed by atoms with van der Waals surface area (Å²) in [5.74, 6) is 0.686. The fourth-order valence-electron chi connectivity index (χ4n) is 1.22. The molecule has 0 aliphatic rings. The molecule has 0 amide bonds. The molecule has 0 saturated carbocycles. The molecule has 0 bridgehead atoms.